The lowest BCUT2D eigenvalue weighted by atomic mass is 10.1. The van der Waals surface area contributed by atoms with Crippen molar-refractivity contribution in [2.45, 2.75) is 12.8 Å². The molecule has 0 amide bonds. The van der Waals surface area contributed by atoms with Crippen molar-refractivity contribution in [3.63, 3.8) is 0 Å². The number of hydrogen-bond acceptors (Lipinski definition) is 4. The molecule has 0 fully saturated rings. The van der Waals surface area contributed by atoms with E-state index in [-0.39, 0.29) is 0 Å². The first kappa shape index (κ1) is 14.0. The van der Waals surface area contributed by atoms with Crippen molar-refractivity contribution in [3.8, 4) is 0 Å². The van der Waals surface area contributed by atoms with Crippen molar-refractivity contribution >= 4 is 34.5 Å². The van der Waals surface area contributed by atoms with Crippen LogP contribution in [0.15, 0.2) is 54.0 Å². The molecule has 0 aliphatic rings. The van der Waals surface area contributed by atoms with Crippen molar-refractivity contribution in [1.82, 2.24) is 9.97 Å². The predicted octanol–water partition coefficient (Wildman–Crippen LogP) is 4.73. The van der Waals surface area contributed by atoms with E-state index in [1.54, 1.807) is 11.3 Å². The van der Waals surface area contributed by atoms with Gasteiger partial charge in [0.1, 0.15) is 5.82 Å². The Morgan fingerprint density at radius 3 is 2.81 bits per heavy atom. The number of aryl methyl sites for hydroxylation is 2. The Hall–Kier alpha value is -1.98. The number of nitrogens with zero attached hydrogens (tertiary/aromatic N) is 1. The largest absolute Gasteiger partial charge is 0.348 e. The molecule has 3 nitrogen and oxygen atoms in total. The first-order valence-corrected chi connectivity index (χ1v) is 8.02. The van der Waals surface area contributed by atoms with Crippen LogP contribution in [0.2, 0.25) is 0 Å². The highest BCUT2D eigenvalue weighted by atomic mass is 32.1. The third kappa shape index (κ3) is 4.00. The SMILES string of the molecule is S=c1cc[nH]c(Nc2nc(CCc3ccccc3)cs2)c1. The van der Waals surface area contributed by atoms with Crippen LogP contribution in [0.4, 0.5) is 10.9 Å². The first-order chi connectivity index (χ1) is 10.3. The fourth-order valence-electron chi connectivity index (χ4n) is 2.03. The molecule has 2 aromatic heterocycles. The van der Waals surface area contributed by atoms with Crippen LogP contribution in [-0.2, 0) is 12.8 Å². The second-order valence-electron chi connectivity index (χ2n) is 4.69. The lowest BCUT2D eigenvalue weighted by Crippen LogP contribution is -1.94. The number of thiazole rings is 1. The van der Waals surface area contributed by atoms with Crippen LogP contribution >= 0.6 is 23.6 Å². The molecule has 3 aromatic rings. The van der Waals surface area contributed by atoms with Gasteiger partial charge in [-0.2, -0.15) is 0 Å². The van der Waals surface area contributed by atoms with Gasteiger partial charge in [0, 0.05) is 16.1 Å². The second kappa shape index (κ2) is 6.65. The summed E-state index contributed by atoms with van der Waals surface area (Å²) < 4.78 is 0.803. The van der Waals surface area contributed by atoms with E-state index >= 15 is 0 Å². The molecular weight excluding hydrogens is 298 g/mol. The van der Waals surface area contributed by atoms with Crippen LogP contribution in [-0.4, -0.2) is 9.97 Å². The predicted molar refractivity (Wildman–Crippen MR) is 90.9 cm³/mol. The summed E-state index contributed by atoms with van der Waals surface area (Å²) in [5.74, 6) is 0.867. The lowest BCUT2D eigenvalue weighted by Gasteiger charge is -2.01. The van der Waals surface area contributed by atoms with Crippen LogP contribution in [0.1, 0.15) is 11.3 Å². The van der Waals surface area contributed by atoms with Gasteiger partial charge in [0.2, 0.25) is 0 Å². The monoisotopic (exact) mass is 313 g/mol. The molecule has 0 aliphatic carbocycles. The minimum atomic E-state index is 0.803. The summed E-state index contributed by atoms with van der Waals surface area (Å²) in [7, 11) is 0. The van der Waals surface area contributed by atoms with E-state index in [2.05, 4.69) is 44.9 Å². The quantitative estimate of drug-likeness (QED) is 0.669. The molecule has 0 aliphatic heterocycles. The molecule has 0 saturated heterocycles. The van der Waals surface area contributed by atoms with Crippen LogP contribution < -0.4 is 5.32 Å². The minimum Gasteiger partial charge on any atom is -0.348 e. The molecule has 0 saturated carbocycles. The molecule has 106 valence electrons. The molecule has 0 radical (unpaired) electrons. The van der Waals surface area contributed by atoms with E-state index in [1.165, 1.54) is 5.56 Å². The topological polar surface area (TPSA) is 40.7 Å². The Bertz CT molecular complexity index is 762. The zero-order valence-electron chi connectivity index (χ0n) is 11.4. The summed E-state index contributed by atoms with van der Waals surface area (Å²) in [6.07, 6.45) is 3.79. The zero-order valence-corrected chi connectivity index (χ0v) is 13.0. The van der Waals surface area contributed by atoms with Gasteiger partial charge in [0.25, 0.3) is 0 Å². The van der Waals surface area contributed by atoms with Crippen LogP contribution in [0.5, 0.6) is 0 Å². The molecule has 0 bridgehead atoms. The Kier molecular flexibility index (Phi) is 4.43. The number of nitrogens with one attached hydrogen (secondary N) is 2. The highest BCUT2D eigenvalue weighted by Gasteiger charge is 2.03. The van der Waals surface area contributed by atoms with E-state index in [9.17, 15) is 0 Å². The van der Waals surface area contributed by atoms with Gasteiger partial charge in [0.15, 0.2) is 5.13 Å². The van der Waals surface area contributed by atoms with Crippen LogP contribution in [0.25, 0.3) is 0 Å². The Morgan fingerprint density at radius 2 is 2.00 bits per heavy atom. The number of pyridine rings is 1. The number of anilines is 2. The minimum absolute atomic E-state index is 0.803. The number of benzene rings is 1. The molecule has 3 rings (SSSR count). The van der Waals surface area contributed by atoms with E-state index in [0.717, 1.165) is 34.0 Å². The summed E-state index contributed by atoms with van der Waals surface area (Å²) in [4.78, 5) is 7.72. The lowest BCUT2D eigenvalue weighted by molar-refractivity contribution is 0.927. The number of aromatic nitrogens is 2. The highest BCUT2D eigenvalue weighted by Crippen LogP contribution is 2.20. The Balaban J connectivity index is 1.62. The highest BCUT2D eigenvalue weighted by molar-refractivity contribution is 7.71. The molecule has 0 atom stereocenters. The summed E-state index contributed by atoms with van der Waals surface area (Å²) in [5, 5.41) is 6.23. The number of aromatic amines is 1. The maximum Gasteiger partial charge on any atom is 0.188 e. The maximum absolute atomic E-state index is 5.14. The summed E-state index contributed by atoms with van der Waals surface area (Å²) >= 11 is 6.75. The normalized spacial score (nSPS) is 10.5. The van der Waals surface area contributed by atoms with Crippen molar-refractivity contribution in [2.75, 3.05) is 5.32 Å². The fraction of sp³-hybridized carbons (Fsp3) is 0.125. The van der Waals surface area contributed by atoms with Gasteiger partial charge < -0.3 is 10.3 Å². The summed E-state index contributed by atoms with van der Waals surface area (Å²) in [6.45, 7) is 0. The maximum atomic E-state index is 5.14. The van der Waals surface area contributed by atoms with Gasteiger partial charge in [-0.3, -0.25) is 0 Å². The average molecular weight is 313 g/mol. The third-order valence-corrected chi connectivity index (χ3v) is 4.14. The first-order valence-electron chi connectivity index (χ1n) is 6.74. The van der Waals surface area contributed by atoms with E-state index in [0.29, 0.717) is 0 Å². The molecule has 2 heterocycles. The molecule has 0 unspecified atom stereocenters. The van der Waals surface area contributed by atoms with Crippen molar-refractivity contribution in [3.05, 3.63) is 69.8 Å². The van der Waals surface area contributed by atoms with Gasteiger partial charge in [-0.15, -0.1) is 11.3 Å². The summed E-state index contributed by atoms with van der Waals surface area (Å²) in [6, 6.07) is 14.2. The van der Waals surface area contributed by atoms with Gasteiger partial charge >= 0.3 is 0 Å². The van der Waals surface area contributed by atoms with Gasteiger partial charge in [-0.1, -0.05) is 42.5 Å². The van der Waals surface area contributed by atoms with Crippen molar-refractivity contribution in [2.24, 2.45) is 0 Å². The molecule has 21 heavy (non-hydrogen) atoms. The average Bonchev–Trinajstić information content (AvgIpc) is 2.94. The second-order valence-corrected chi connectivity index (χ2v) is 6.02. The Morgan fingerprint density at radius 1 is 1.14 bits per heavy atom. The number of hydrogen-bond donors (Lipinski definition) is 2. The standard InChI is InChI=1S/C16H15N3S2/c20-14-8-9-17-15(10-14)19-16-18-13(11-21-16)7-6-12-4-2-1-3-5-12/h1-5,8-11H,6-7H2,(H2,17,18,19,20). The molecule has 5 heteroatoms. The van der Waals surface area contributed by atoms with E-state index in [1.807, 2.05) is 24.4 Å². The molecule has 0 spiro atoms. The number of rotatable bonds is 5. The fourth-order valence-corrected chi connectivity index (χ4v) is 2.97. The molecular formula is C16H15N3S2. The van der Waals surface area contributed by atoms with E-state index in [4.69, 9.17) is 12.2 Å². The summed E-state index contributed by atoms with van der Waals surface area (Å²) in [5.41, 5.74) is 2.45. The van der Waals surface area contributed by atoms with Gasteiger partial charge in [-0.05, 0) is 30.5 Å². The van der Waals surface area contributed by atoms with Crippen LogP contribution in [0, 0.1) is 4.51 Å². The molecule has 1 aromatic carbocycles. The molecule has 2 N–H and O–H groups in total. The zero-order chi connectivity index (χ0) is 14.5. The smallest absolute Gasteiger partial charge is 0.188 e. The van der Waals surface area contributed by atoms with Gasteiger partial charge in [-0.25, -0.2) is 4.98 Å². The van der Waals surface area contributed by atoms with Crippen LogP contribution in [0.3, 0.4) is 0 Å². The number of H-pyrrole nitrogens is 1. The van der Waals surface area contributed by atoms with Crippen molar-refractivity contribution < 1.29 is 0 Å². The third-order valence-electron chi connectivity index (χ3n) is 3.08. The van der Waals surface area contributed by atoms with E-state index < -0.39 is 0 Å². The van der Waals surface area contributed by atoms with Crippen molar-refractivity contribution in [1.29, 1.82) is 0 Å². The Labute approximate surface area is 132 Å². The van der Waals surface area contributed by atoms with Gasteiger partial charge in [0.05, 0.1) is 5.69 Å².